The van der Waals surface area contributed by atoms with Gasteiger partial charge in [0.25, 0.3) is 0 Å². The van der Waals surface area contributed by atoms with Crippen LogP contribution in [0.15, 0.2) is 53.8 Å². The molecule has 0 aliphatic heterocycles. The summed E-state index contributed by atoms with van der Waals surface area (Å²) in [5.74, 6) is 0. The van der Waals surface area contributed by atoms with E-state index in [1.807, 2.05) is 12.1 Å². The van der Waals surface area contributed by atoms with Crippen molar-refractivity contribution < 1.29 is 0 Å². The Morgan fingerprint density at radius 3 is 2.64 bits per heavy atom. The second-order valence-electron chi connectivity index (χ2n) is 3.66. The first-order valence-electron chi connectivity index (χ1n) is 5.04. The van der Waals surface area contributed by atoms with Crippen molar-refractivity contribution >= 4 is 0 Å². The Kier molecular flexibility index (Phi) is 2.68. The van der Waals surface area contributed by atoms with Crippen LogP contribution in [0.2, 0.25) is 0 Å². The van der Waals surface area contributed by atoms with Crippen LogP contribution in [-0.4, -0.2) is 0 Å². The highest BCUT2D eigenvalue weighted by molar-refractivity contribution is 5.31. The van der Waals surface area contributed by atoms with Gasteiger partial charge >= 0.3 is 0 Å². The van der Waals surface area contributed by atoms with Gasteiger partial charge in [0.15, 0.2) is 0 Å². The van der Waals surface area contributed by atoms with E-state index in [-0.39, 0.29) is 0 Å². The Hall–Kier alpha value is -1.50. The van der Waals surface area contributed by atoms with Gasteiger partial charge in [0, 0.05) is 5.70 Å². The minimum absolute atomic E-state index is 0.958. The molecule has 14 heavy (non-hydrogen) atoms. The molecule has 1 aromatic rings. The molecule has 1 aliphatic carbocycles. The van der Waals surface area contributed by atoms with Crippen molar-refractivity contribution in [2.75, 3.05) is 0 Å². The van der Waals surface area contributed by atoms with E-state index in [1.165, 1.54) is 11.1 Å². The maximum atomic E-state index is 5.92. The van der Waals surface area contributed by atoms with Gasteiger partial charge in [0.1, 0.15) is 0 Å². The van der Waals surface area contributed by atoms with E-state index in [0.717, 1.165) is 25.0 Å². The maximum absolute atomic E-state index is 5.92. The Labute approximate surface area is 84.9 Å². The number of benzene rings is 1. The van der Waals surface area contributed by atoms with Crippen LogP contribution in [0.3, 0.4) is 0 Å². The van der Waals surface area contributed by atoms with Gasteiger partial charge in [-0.15, -0.1) is 0 Å². The molecule has 0 unspecified atom stereocenters. The number of nitrogens with two attached hydrogens (primary N) is 1. The molecule has 2 N–H and O–H groups in total. The summed E-state index contributed by atoms with van der Waals surface area (Å²) in [6.45, 7) is 0. The van der Waals surface area contributed by atoms with Crippen LogP contribution in [0.5, 0.6) is 0 Å². The first kappa shape index (κ1) is 9.07. The topological polar surface area (TPSA) is 26.0 Å². The van der Waals surface area contributed by atoms with Crippen LogP contribution in [0, 0.1) is 0 Å². The molecule has 2 rings (SSSR count). The largest absolute Gasteiger partial charge is 0.399 e. The van der Waals surface area contributed by atoms with Crippen molar-refractivity contribution in [3.8, 4) is 0 Å². The van der Waals surface area contributed by atoms with Crippen molar-refractivity contribution in [1.29, 1.82) is 0 Å². The summed E-state index contributed by atoms with van der Waals surface area (Å²) < 4.78 is 0. The molecule has 0 saturated carbocycles. The number of hydrogen-bond donors (Lipinski definition) is 1. The lowest BCUT2D eigenvalue weighted by Crippen LogP contribution is -2.05. The molecule has 0 heterocycles. The Morgan fingerprint density at radius 2 is 1.93 bits per heavy atom. The van der Waals surface area contributed by atoms with E-state index >= 15 is 0 Å². The molecule has 72 valence electrons. The van der Waals surface area contributed by atoms with E-state index < -0.39 is 0 Å². The van der Waals surface area contributed by atoms with Gasteiger partial charge in [-0.3, -0.25) is 0 Å². The fourth-order valence-corrected chi connectivity index (χ4v) is 1.76. The summed E-state index contributed by atoms with van der Waals surface area (Å²) in [6.07, 6.45) is 7.41. The molecule has 1 aliphatic rings. The van der Waals surface area contributed by atoms with Crippen LogP contribution >= 0.6 is 0 Å². The molecule has 0 amide bonds. The molecule has 0 saturated heterocycles. The van der Waals surface area contributed by atoms with Crippen LogP contribution in [0.1, 0.15) is 18.4 Å². The predicted molar refractivity (Wildman–Crippen MR) is 59.7 cm³/mol. The molecule has 1 nitrogen and oxygen atoms in total. The molecular weight excluding hydrogens is 170 g/mol. The molecule has 0 fully saturated rings. The monoisotopic (exact) mass is 185 g/mol. The van der Waals surface area contributed by atoms with E-state index in [2.05, 4.69) is 30.3 Å². The van der Waals surface area contributed by atoms with E-state index in [1.54, 1.807) is 0 Å². The highest BCUT2D eigenvalue weighted by Gasteiger charge is 2.05. The molecule has 0 aromatic heterocycles. The van der Waals surface area contributed by atoms with Gasteiger partial charge < -0.3 is 5.73 Å². The lowest BCUT2D eigenvalue weighted by Gasteiger charge is -2.12. The van der Waals surface area contributed by atoms with Gasteiger partial charge in [-0.2, -0.15) is 0 Å². The number of hydrogen-bond acceptors (Lipinski definition) is 1. The predicted octanol–water partition coefficient (Wildman–Crippen LogP) is 2.79. The summed E-state index contributed by atoms with van der Waals surface area (Å²) in [4.78, 5) is 0. The highest BCUT2D eigenvalue weighted by atomic mass is 14.6. The van der Waals surface area contributed by atoms with Gasteiger partial charge in [0.05, 0.1) is 0 Å². The minimum Gasteiger partial charge on any atom is -0.399 e. The van der Waals surface area contributed by atoms with Crippen molar-refractivity contribution in [3.63, 3.8) is 0 Å². The first-order chi connectivity index (χ1) is 6.86. The maximum Gasteiger partial charge on any atom is 0.0306 e. The van der Waals surface area contributed by atoms with Crippen LogP contribution in [0.4, 0.5) is 0 Å². The van der Waals surface area contributed by atoms with Crippen molar-refractivity contribution in [2.24, 2.45) is 5.73 Å². The van der Waals surface area contributed by atoms with Crippen molar-refractivity contribution in [3.05, 3.63) is 59.3 Å². The Balaban J connectivity index is 2.15. The molecular formula is C13H15N. The zero-order chi connectivity index (χ0) is 9.80. The third-order valence-corrected chi connectivity index (χ3v) is 2.58. The van der Waals surface area contributed by atoms with Gasteiger partial charge in [0.2, 0.25) is 0 Å². The Bertz CT molecular complexity index is 360. The summed E-state index contributed by atoms with van der Waals surface area (Å²) >= 11 is 0. The zero-order valence-electron chi connectivity index (χ0n) is 8.24. The number of allylic oxidation sites excluding steroid dienone is 3. The van der Waals surface area contributed by atoms with E-state index in [0.29, 0.717) is 0 Å². The summed E-state index contributed by atoms with van der Waals surface area (Å²) in [6, 6.07) is 10.5. The van der Waals surface area contributed by atoms with Crippen molar-refractivity contribution in [2.45, 2.75) is 19.3 Å². The zero-order valence-corrected chi connectivity index (χ0v) is 8.24. The number of rotatable bonds is 2. The molecule has 0 atom stereocenters. The fraction of sp³-hybridized carbons (Fsp3) is 0.231. The lowest BCUT2D eigenvalue weighted by atomic mass is 9.96. The average Bonchev–Trinajstić information content (AvgIpc) is 2.23. The van der Waals surface area contributed by atoms with Crippen molar-refractivity contribution in [1.82, 2.24) is 0 Å². The third-order valence-electron chi connectivity index (χ3n) is 2.58. The normalized spacial score (nSPS) is 16.0. The highest BCUT2D eigenvalue weighted by Crippen LogP contribution is 2.19. The smallest absolute Gasteiger partial charge is 0.0306 e. The molecule has 0 spiro atoms. The second kappa shape index (κ2) is 4.14. The van der Waals surface area contributed by atoms with Crippen LogP contribution in [0.25, 0.3) is 0 Å². The summed E-state index contributed by atoms with van der Waals surface area (Å²) in [7, 11) is 0. The van der Waals surface area contributed by atoms with E-state index in [4.69, 9.17) is 5.73 Å². The van der Waals surface area contributed by atoms with Crippen LogP contribution in [-0.2, 0) is 6.42 Å². The van der Waals surface area contributed by atoms with E-state index in [9.17, 15) is 0 Å². The average molecular weight is 185 g/mol. The molecule has 0 bridgehead atoms. The van der Waals surface area contributed by atoms with Gasteiger partial charge in [-0.25, -0.2) is 0 Å². The minimum atomic E-state index is 0.958. The first-order valence-corrected chi connectivity index (χ1v) is 5.04. The summed E-state index contributed by atoms with van der Waals surface area (Å²) in [5.41, 5.74) is 9.60. The lowest BCUT2D eigenvalue weighted by molar-refractivity contribution is 0.885. The Morgan fingerprint density at radius 1 is 1.14 bits per heavy atom. The fourth-order valence-electron chi connectivity index (χ4n) is 1.76. The van der Waals surface area contributed by atoms with Gasteiger partial charge in [-0.05, 0) is 36.5 Å². The quantitative estimate of drug-likeness (QED) is 0.753. The third kappa shape index (κ3) is 2.05. The molecule has 1 aromatic carbocycles. The molecule has 0 radical (unpaired) electrons. The van der Waals surface area contributed by atoms with Gasteiger partial charge in [-0.1, -0.05) is 36.4 Å². The standard InChI is InChI=1S/C13H15N/c14-13-9-5-4-8-12(13)10-11-6-2-1-3-7-11/h1-3,5-7,9H,4,8,10,14H2. The summed E-state index contributed by atoms with van der Waals surface area (Å²) in [5, 5.41) is 0. The SMILES string of the molecule is NC1=C(Cc2ccccc2)CCC=C1. The molecule has 1 heteroatoms. The van der Waals surface area contributed by atoms with Crippen LogP contribution < -0.4 is 5.73 Å². The second-order valence-corrected chi connectivity index (χ2v) is 3.66.